The van der Waals surface area contributed by atoms with Crippen LogP contribution in [0.3, 0.4) is 0 Å². The van der Waals surface area contributed by atoms with Crippen molar-refractivity contribution in [2.24, 2.45) is 16.3 Å². The number of unbranched alkanes of at least 4 members (excludes halogenated alkanes) is 1. The van der Waals surface area contributed by atoms with Gasteiger partial charge in [0.1, 0.15) is 42.1 Å². The van der Waals surface area contributed by atoms with Crippen LogP contribution >= 0.6 is 0 Å². The Bertz CT molecular complexity index is 2590. The molecular formula is C59H79N5O12. The summed E-state index contributed by atoms with van der Waals surface area (Å²) in [5, 5.41) is 22.1. The SMILES string of the molecule is COC(=O)C(NC(=O)C(CCC(=O)OC(C)(C)c1ccccc1)NC(=O)C(NC(=O)C(CCCCNC(=O)OCC1c2ccccc2-c2ccccc21)N=C(C)C1=C(O)CC(C)(C)CC1=O)[C@@H](C)OC(C)(C)C)C(C)C. The lowest BCUT2D eigenvalue weighted by molar-refractivity contribution is -0.158. The number of allylic oxidation sites excluding steroid dienone is 2. The van der Waals surface area contributed by atoms with Gasteiger partial charge >= 0.3 is 18.0 Å². The van der Waals surface area contributed by atoms with Gasteiger partial charge in [-0.3, -0.25) is 29.0 Å². The first-order chi connectivity index (χ1) is 35.7. The van der Waals surface area contributed by atoms with Crippen LogP contribution < -0.4 is 21.3 Å². The monoisotopic (exact) mass is 1050 g/mol. The number of Topliss-reactive ketones (excluding diaryl/α,β-unsaturated/α-hetero) is 1. The molecule has 0 fully saturated rings. The summed E-state index contributed by atoms with van der Waals surface area (Å²) in [7, 11) is 1.19. The van der Waals surface area contributed by atoms with Crippen LogP contribution in [0.5, 0.6) is 0 Å². The van der Waals surface area contributed by atoms with Gasteiger partial charge in [0.15, 0.2) is 5.78 Å². The minimum absolute atomic E-state index is 0.0268. The maximum Gasteiger partial charge on any atom is 0.407 e. The fourth-order valence-electron chi connectivity index (χ4n) is 9.73. The number of amides is 4. The number of nitrogens with one attached hydrogen (secondary N) is 4. The number of carbonyl (C=O) groups is 7. The van der Waals surface area contributed by atoms with Crippen molar-refractivity contribution in [3.63, 3.8) is 0 Å². The average Bonchev–Trinajstić information content (AvgIpc) is 3.66. The summed E-state index contributed by atoms with van der Waals surface area (Å²) in [5.41, 5.74) is 2.94. The number of aliphatic hydroxyl groups is 1. The zero-order chi connectivity index (χ0) is 56.1. The molecule has 0 bridgehead atoms. The van der Waals surface area contributed by atoms with Crippen LogP contribution in [0.15, 0.2) is 95.2 Å². The number of benzene rings is 3. The molecule has 17 heteroatoms. The highest BCUT2D eigenvalue weighted by molar-refractivity contribution is 6.22. The molecule has 5 rings (SSSR count). The first-order valence-corrected chi connectivity index (χ1v) is 26.2. The van der Waals surface area contributed by atoms with Crippen molar-refractivity contribution < 1.29 is 57.6 Å². The minimum Gasteiger partial charge on any atom is -0.511 e. The number of ether oxygens (including phenoxy) is 4. The molecule has 0 saturated carbocycles. The predicted octanol–water partition coefficient (Wildman–Crippen LogP) is 8.47. The van der Waals surface area contributed by atoms with Crippen molar-refractivity contribution >= 4 is 47.2 Å². The number of aliphatic imine (C=N–C) groups is 1. The third-order valence-electron chi connectivity index (χ3n) is 13.5. The van der Waals surface area contributed by atoms with E-state index in [1.807, 2.05) is 80.6 Å². The number of alkyl carbamates (subject to hydrolysis) is 1. The fraction of sp³-hybridized carbons (Fsp3) is 0.525. The lowest BCUT2D eigenvalue weighted by Gasteiger charge is -2.32. The molecule has 4 unspecified atom stereocenters. The Morgan fingerprint density at radius 3 is 1.93 bits per heavy atom. The second-order valence-electron chi connectivity index (χ2n) is 22.4. The number of aliphatic hydroxyl groups excluding tert-OH is 1. The van der Waals surface area contributed by atoms with E-state index in [1.54, 1.807) is 62.3 Å². The molecule has 412 valence electrons. The summed E-state index contributed by atoms with van der Waals surface area (Å²) in [4.78, 5) is 101. The number of carbonyl (C=O) groups excluding carboxylic acids is 7. The van der Waals surface area contributed by atoms with Gasteiger partial charge in [-0.05, 0) is 113 Å². The van der Waals surface area contributed by atoms with Crippen LogP contribution in [0.2, 0.25) is 0 Å². The molecule has 0 aliphatic heterocycles. The van der Waals surface area contributed by atoms with Gasteiger partial charge in [0.05, 0.1) is 24.4 Å². The molecule has 3 aromatic rings. The second-order valence-corrected chi connectivity index (χ2v) is 22.4. The summed E-state index contributed by atoms with van der Waals surface area (Å²) in [6.07, 6.45) is -1.02. The Morgan fingerprint density at radius 2 is 1.36 bits per heavy atom. The minimum atomic E-state index is -1.47. The van der Waals surface area contributed by atoms with Gasteiger partial charge in [0.25, 0.3) is 0 Å². The van der Waals surface area contributed by atoms with E-state index < -0.39 is 88.6 Å². The third-order valence-corrected chi connectivity index (χ3v) is 13.5. The normalized spacial score (nSPS) is 16.5. The molecule has 0 spiro atoms. The highest BCUT2D eigenvalue weighted by atomic mass is 16.6. The summed E-state index contributed by atoms with van der Waals surface area (Å²) in [6.45, 7) is 19.4. The largest absolute Gasteiger partial charge is 0.511 e. The molecule has 76 heavy (non-hydrogen) atoms. The van der Waals surface area contributed by atoms with Gasteiger partial charge in [-0.1, -0.05) is 107 Å². The Kier molecular flexibility index (Phi) is 20.7. The lowest BCUT2D eigenvalue weighted by Crippen LogP contribution is -2.60. The quantitative estimate of drug-likeness (QED) is 0.0246. The van der Waals surface area contributed by atoms with Gasteiger partial charge in [-0.2, -0.15) is 0 Å². The zero-order valence-corrected chi connectivity index (χ0v) is 46.3. The van der Waals surface area contributed by atoms with E-state index in [-0.39, 0.29) is 74.0 Å². The molecule has 0 saturated heterocycles. The molecule has 0 radical (unpaired) electrons. The van der Waals surface area contributed by atoms with Crippen LogP contribution in [-0.4, -0.2) is 108 Å². The van der Waals surface area contributed by atoms with E-state index in [2.05, 4.69) is 33.4 Å². The summed E-state index contributed by atoms with van der Waals surface area (Å²) < 4.78 is 22.8. The van der Waals surface area contributed by atoms with E-state index in [1.165, 1.54) is 7.11 Å². The van der Waals surface area contributed by atoms with Crippen molar-refractivity contribution in [2.45, 2.75) is 168 Å². The first kappa shape index (κ1) is 60.0. The smallest absolute Gasteiger partial charge is 0.407 e. The van der Waals surface area contributed by atoms with Gasteiger partial charge in [-0.25, -0.2) is 9.59 Å². The van der Waals surface area contributed by atoms with E-state index in [4.69, 9.17) is 23.9 Å². The van der Waals surface area contributed by atoms with Crippen LogP contribution in [0.25, 0.3) is 11.1 Å². The number of hydrogen-bond acceptors (Lipinski definition) is 13. The maximum absolute atomic E-state index is 14.7. The molecule has 5 N–H and O–H groups in total. The third kappa shape index (κ3) is 16.6. The Labute approximate surface area is 447 Å². The van der Waals surface area contributed by atoms with Gasteiger partial charge < -0.3 is 45.3 Å². The van der Waals surface area contributed by atoms with Gasteiger partial charge in [-0.15, -0.1) is 0 Å². The highest BCUT2D eigenvalue weighted by Crippen LogP contribution is 2.44. The van der Waals surface area contributed by atoms with Crippen molar-refractivity contribution in [3.05, 3.63) is 107 Å². The molecular weight excluding hydrogens is 971 g/mol. The van der Waals surface area contributed by atoms with Crippen molar-refractivity contribution in [1.82, 2.24) is 21.3 Å². The molecule has 17 nitrogen and oxygen atoms in total. The van der Waals surface area contributed by atoms with Gasteiger partial charge in [0.2, 0.25) is 17.7 Å². The Hall–Kier alpha value is -6.88. The molecule has 0 heterocycles. The van der Waals surface area contributed by atoms with Crippen LogP contribution in [0.4, 0.5) is 4.79 Å². The predicted molar refractivity (Wildman–Crippen MR) is 289 cm³/mol. The maximum atomic E-state index is 14.7. The van der Waals surface area contributed by atoms with Crippen LogP contribution in [-0.2, 0) is 53.3 Å². The number of esters is 2. The van der Waals surface area contributed by atoms with E-state index in [0.29, 0.717) is 12.8 Å². The molecule has 2 aliphatic carbocycles. The van der Waals surface area contributed by atoms with E-state index in [9.17, 15) is 38.7 Å². The standard InChI is InChI=1S/C59H79N5O12/c1-35(2)50(55(71)73-12)63-53(69)45(29-30-48(67)76-59(10,11)38-22-14-13-15-23-38)62-54(70)51(37(4)75-57(5,6)7)64-52(68)44(61-36(3)49-46(65)32-58(8,9)33-47(49)66)28-20-21-31-60-56(72)74-34-43-41-26-18-16-24-39(41)40-25-17-19-27-42(40)43/h13-19,22-27,35,37,43-45,50-51,65H,20-21,28-34H2,1-12H3,(H,60,72)(H,62,70)(H,63,69)(H,64,68)/t37-,44?,45?,50?,51?/m1/s1. The Morgan fingerprint density at radius 1 is 0.763 bits per heavy atom. The number of ketones is 1. The first-order valence-electron chi connectivity index (χ1n) is 26.2. The van der Waals surface area contributed by atoms with Gasteiger partial charge in [0, 0.05) is 37.4 Å². The molecule has 0 aromatic heterocycles. The average molecular weight is 1050 g/mol. The van der Waals surface area contributed by atoms with Crippen molar-refractivity contribution in [2.75, 3.05) is 20.3 Å². The van der Waals surface area contributed by atoms with E-state index in [0.717, 1.165) is 27.8 Å². The molecule has 2 aliphatic rings. The van der Waals surface area contributed by atoms with Crippen molar-refractivity contribution in [3.8, 4) is 11.1 Å². The summed E-state index contributed by atoms with van der Waals surface area (Å²) >= 11 is 0. The second kappa shape index (κ2) is 26.3. The molecule has 5 atom stereocenters. The van der Waals surface area contributed by atoms with Crippen molar-refractivity contribution in [1.29, 1.82) is 0 Å². The lowest BCUT2D eigenvalue weighted by atomic mass is 9.75. The van der Waals surface area contributed by atoms with E-state index >= 15 is 0 Å². The number of nitrogens with zero attached hydrogens (tertiary/aromatic N) is 1. The number of fused-ring (bicyclic) bond motifs is 3. The number of hydrogen-bond donors (Lipinski definition) is 5. The molecule has 3 aromatic carbocycles. The Balaban J connectivity index is 1.35. The summed E-state index contributed by atoms with van der Waals surface area (Å²) in [6, 6.07) is 20.0. The van der Waals surface area contributed by atoms with Crippen LogP contribution in [0.1, 0.15) is 144 Å². The topological polar surface area (TPSA) is 237 Å². The fourth-order valence-corrected chi connectivity index (χ4v) is 9.73. The molecule has 4 amide bonds. The van der Waals surface area contributed by atoms with Crippen LogP contribution in [0, 0.1) is 11.3 Å². The summed E-state index contributed by atoms with van der Waals surface area (Å²) in [5.74, 6) is -4.74. The highest BCUT2D eigenvalue weighted by Gasteiger charge is 2.39. The number of methoxy groups -OCH3 is 1. The zero-order valence-electron chi connectivity index (χ0n) is 46.3. The number of rotatable bonds is 24.